The second-order valence-electron chi connectivity index (χ2n) is 4.07. The molecule has 0 bridgehead atoms. The lowest BCUT2D eigenvalue weighted by atomic mass is 10.2. The lowest BCUT2D eigenvalue weighted by Gasteiger charge is -2.05. The Morgan fingerprint density at radius 2 is 2.19 bits per heavy atom. The summed E-state index contributed by atoms with van der Waals surface area (Å²) in [5.74, 6) is 1.18. The molecule has 1 aliphatic rings. The molecule has 2 aromatic rings. The first-order chi connectivity index (χ1) is 7.75. The highest BCUT2D eigenvalue weighted by atomic mass is 16.3. The summed E-state index contributed by atoms with van der Waals surface area (Å²) in [6.07, 6.45) is 2.27. The van der Waals surface area contributed by atoms with Gasteiger partial charge in [0.1, 0.15) is 5.75 Å². The summed E-state index contributed by atoms with van der Waals surface area (Å²) in [7, 11) is 0. The van der Waals surface area contributed by atoms with Gasteiger partial charge in [-0.1, -0.05) is 11.3 Å². The molecule has 0 radical (unpaired) electrons. The summed E-state index contributed by atoms with van der Waals surface area (Å²) in [4.78, 5) is 0. The average Bonchev–Trinajstić information content (AvgIpc) is 3.02. The fraction of sp³-hybridized carbons (Fsp3) is 0.273. The van der Waals surface area contributed by atoms with Gasteiger partial charge in [0.2, 0.25) is 0 Å². The molecular formula is C11H12N4O. The highest BCUT2D eigenvalue weighted by molar-refractivity contribution is 5.46. The summed E-state index contributed by atoms with van der Waals surface area (Å²) in [5.41, 5.74) is 7.56. The number of nitrogen functional groups attached to an aromatic ring is 1. The lowest BCUT2D eigenvalue weighted by molar-refractivity contribution is 0.474. The Hall–Kier alpha value is -2.04. The Kier molecular flexibility index (Phi) is 1.86. The second kappa shape index (κ2) is 3.23. The van der Waals surface area contributed by atoms with Gasteiger partial charge in [0.15, 0.2) is 5.82 Å². The minimum atomic E-state index is 0.216. The first-order valence-corrected chi connectivity index (χ1v) is 5.26. The van der Waals surface area contributed by atoms with Gasteiger partial charge >= 0.3 is 0 Å². The first kappa shape index (κ1) is 9.21. The van der Waals surface area contributed by atoms with E-state index in [4.69, 9.17) is 5.73 Å². The van der Waals surface area contributed by atoms with Crippen LogP contribution in [-0.4, -0.2) is 20.1 Å². The maximum Gasteiger partial charge on any atom is 0.169 e. The van der Waals surface area contributed by atoms with Gasteiger partial charge in [0.05, 0.1) is 11.4 Å². The molecule has 1 aromatic carbocycles. The van der Waals surface area contributed by atoms with Crippen LogP contribution in [-0.2, 0) is 0 Å². The van der Waals surface area contributed by atoms with Crippen LogP contribution in [0.2, 0.25) is 0 Å². The van der Waals surface area contributed by atoms with Crippen molar-refractivity contribution in [3.63, 3.8) is 0 Å². The van der Waals surface area contributed by atoms with Crippen molar-refractivity contribution >= 4 is 5.82 Å². The van der Waals surface area contributed by atoms with Gasteiger partial charge in [-0.15, -0.1) is 5.10 Å². The maximum atomic E-state index is 9.43. The topological polar surface area (TPSA) is 77.0 Å². The molecule has 1 aromatic heterocycles. The van der Waals surface area contributed by atoms with Crippen molar-refractivity contribution in [1.82, 2.24) is 15.0 Å². The number of rotatable bonds is 2. The minimum Gasteiger partial charge on any atom is -0.508 e. The monoisotopic (exact) mass is 216 g/mol. The Bertz CT molecular complexity index is 531. The van der Waals surface area contributed by atoms with E-state index in [-0.39, 0.29) is 5.75 Å². The van der Waals surface area contributed by atoms with Crippen molar-refractivity contribution in [1.29, 1.82) is 0 Å². The van der Waals surface area contributed by atoms with Crippen molar-refractivity contribution in [2.45, 2.75) is 18.8 Å². The van der Waals surface area contributed by atoms with Crippen molar-refractivity contribution < 1.29 is 5.11 Å². The van der Waals surface area contributed by atoms with Crippen LogP contribution >= 0.6 is 0 Å². The predicted octanol–water partition coefficient (Wildman–Crippen LogP) is 1.43. The van der Waals surface area contributed by atoms with Crippen LogP contribution in [0.15, 0.2) is 24.3 Å². The van der Waals surface area contributed by atoms with Gasteiger partial charge in [0.25, 0.3) is 0 Å². The SMILES string of the molecule is Nc1nnn(-c2cccc(O)c2)c1C1CC1. The summed E-state index contributed by atoms with van der Waals surface area (Å²) < 4.78 is 1.72. The smallest absolute Gasteiger partial charge is 0.169 e. The zero-order valence-corrected chi connectivity index (χ0v) is 8.67. The number of nitrogens with two attached hydrogens (primary N) is 1. The van der Waals surface area contributed by atoms with Crippen LogP contribution in [0.3, 0.4) is 0 Å². The van der Waals surface area contributed by atoms with E-state index in [1.807, 2.05) is 6.07 Å². The third kappa shape index (κ3) is 1.41. The van der Waals surface area contributed by atoms with E-state index in [1.54, 1.807) is 22.9 Å². The Morgan fingerprint density at radius 1 is 1.38 bits per heavy atom. The zero-order valence-electron chi connectivity index (χ0n) is 8.67. The number of aromatic nitrogens is 3. The van der Waals surface area contributed by atoms with E-state index in [0.29, 0.717) is 11.7 Å². The minimum absolute atomic E-state index is 0.216. The van der Waals surface area contributed by atoms with Crippen LogP contribution in [0.25, 0.3) is 5.69 Å². The molecule has 0 atom stereocenters. The van der Waals surface area contributed by atoms with Gasteiger partial charge in [-0.2, -0.15) is 0 Å². The molecule has 1 fully saturated rings. The van der Waals surface area contributed by atoms with Gasteiger partial charge in [0, 0.05) is 12.0 Å². The molecule has 0 unspecified atom stereocenters. The fourth-order valence-electron chi connectivity index (χ4n) is 1.86. The highest BCUT2D eigenvalue weighted by Gasteiger charge is 2.31. The first-order valence-electron chi connectivity index (χ1n) is 5.26. The molecular weight excluding hydrogens is 204 g/mol. The molecule has 0 amide bonds. The van der Waals surface area contributed by atoms with Gasteiger partial charge in [-0.25, -0.2) is 4.68 Å². The van der Waals surface area contributed by atoms with E-state index in [2.05, 4.69) is 10.3 Å². The molecule has 3 rings (SSSR count). The summed E-state index contributed by atoms with van der Waals surface area (Å²) in [6, 6.07) is 6.93. The molecule has 1 aliphatic carbocycles. The molecule has 5 nitrogen and oxygen atoms in total. The third-order valence-corrected chi connectivity index (χ3v) is 2.77. The molecule has 5 heteroatoms. The Balaban J connectivity index is 2.12. The van der Waals surface area contributed by atoms with Crippen molar-refractivity contribution in [2.24, 2.45) is 0 Å². The number of anilines is 1. The van der Waals surface area contributed by atoms with Crippen LogP contribution in [0, 0.1) is 0 Å². The van der Waals surface area contributed by atoms with Crippen molar-refractivity contribution in [3.05, 3.63) is 30.0 Å². The van der Waals surface area contributed by atoms with E-state index in [0.717, 1.165) is 24.2 Å². The Morgan fingerprint density at radius 3 is 2.88 bits per heavy atom. The average molecular weight is 216 g/mol. The normalized spacial score (nSPS) is 15.2. The van der Waals surface area contributed by atoms with Gasteiger partial charge < -0.3 is 10.8 Å². The number of nitrogens with zero attached hydrogens (tertiary/aromatic N) is 3. The number of phenolic OH excluding ortho intramolecular Hbond substituents is 1. The lowest BCUT2D eigenvalue weighted by Crippen LogP contribution is -2.02. The maximum absolute atomic E-state index is 9.43. The molecule has 0 saturated heterocycles. The highest BCUT2D eigenvalue weighted by Crippen LogP contribution is 2.42. The van der Waals surface area contributed by atoms with E-state index in [1.165, 1.54) is 0 Å². The molecule has 16 heavy (non-hydrogen) atoms. The van der Waals surface area contributed by atoms with Crippen LogP contribution in [0.5, 0.6) is 5.75 Å². The van der Waals surface area contributed by atoms with Crippen molar-refractivity contribution in [2.75, 3.05) is 5.73 Å². The molecule has 82 valence electrons. The fourth-order valence-corrected chi connectivity index (χ4v) is 1.86. The van der Waals surface area contributed by atoms with Crippen LogP contribution in [0.4, 0.5) is 5.82 Å². The number of hydrogen-bond acceptors (Lipinski definition) is 4. The summed E-state index contributed by atoms with van der Waals surface area (Å²) in [5, 5.41) is 17.3. The predicted molar refractivity (Wildman–Crippen MR) is 59.4 cm³/mol. The molecule has 3 N–H and O–H groups in total. The number of benzene rings is 1. The number of aromatic hydroxyl groups is 1. The molecule has 1 heterocycles. The van der Waals surface area contributed by atoms with Gasteiger partial charge in [-0.3, -0.25) is 0 Å². The molecule has 1 saturated carbocycles. The van der Waals surface area contributed by atoms with Gasteiger partial charge in [-0.05, 0) is 25.0 Å². The second-order valence-corrected chi connectivity index (χ2v) is 4.07. The van der Waals surface area contributed by atoms with Crippen molar-refractivity contribution in [3.8, 4) is 11.4 Å². The van der Waals surface area contributed by atoms with Crippen LogP contribution in [0.1, 0.15) is 24.5 Å². The summed E-state index contributed by atoms with van der Waals surface area (Å²) in [6.45, 7) is 0. The zero-order chi connectivity index (χ0) is 11.1. The molecule has 0 spiro atoms. The Labute approximate surface area is 92.5 Å². The van der Waals surface area contributed by atoms with E-state index in [9.17, 15) is 5.11 Å². The quantitative estimate of drug-likeness (QED) is 0.796. The molecule has 0 aliphatic heterocycles. The third-order valence-electron chi connectivity index (χ3n) is 2.77. The standard InChI is InChI=1S/C11H12N4O/c12-11-10(7-4-5-7)15(14-13-11)8-2-1-3-9(16)6-8/h1-3,6-7,16H,4-5,12H2. The largest absolute Gasteiger partial charge is 0.508 e. The van der Waals surface area contributed by atoms with E-state index >= 15 is 0 Å². The van der Waals surface area contributed by atoms with E-state index < -0.39 is 0 Å². The number of hydrogen-bond donors (Lipinski definition) is 2. The number of phenols is 1. The summed E-state index contributed by atoms with van der Waals surface area (Å²) >= 11 is 0. The van der Waals surface area contributed by atoms with Crippen LogP contribution < -0.4 is 5.73 Å².